The van der Waals surface area contributed by atoms with Crippen molar-refractivity contribution in [2.45, 2.75) is 4.90 Å². The fourth-order valence-corrected chi connectivity index (χ4v) is 4.37. The van der Waals surface area contributed by atoms with Crippen LogP contribution in [-0.2, 0) is 10.0 Å². The molecular formula is C25H19N5O2S. The molecule has 0 atom stereocenters. The average Bonchev–Trinajstić information content (AvgIpc) is 2.85. The molecule has 0 aliphatic rings. The number of nitrogens with zero attached hydrogens (tertiary/aromatic N) is 3. The fourth-order valence-electron chi connectivity index (χ4n) is 3.36. The first-order valence-corrected chi connectivity index (χ1v) is 11.7. The maximum Gasteiger partial charge on any atom is 0.263 e. The summed E-state index contributed by atoms with van der Waals surface area (Å²) in [5.41, 5.74) is 2.43. The fraction of sp³-hybridized carbons (Fsp3) is 0. The average molecular weight is 454 g/mol. The third-order valence-electron chi connectivity index (χ3n) is 4.97. The second-order valence-electron chi connectivity index (χ2n) is 7.25. The minimum absolute atomic E-state index is 0.135. The van der Waals surface area contributed by atoms with E-state index >= 15 is 0 Å². The molecule has 8 heteroatoms. The van der Waals surface area contributed by atoms with Crippen molar-refractivity contribution < 1.29 is 8.42 Å². The summed E-state index contributed by atoms with van der Waals surface area (Å²) < 4.78 is 27.8. The van der Waals surface area contributed by atoms with Crippen LogP contribution in [0.2, 0.25) is 0 Å². The Balaban J connectivity index is 1.45. The van der Waals surface area contributed by atoms with Gasteiger partial charge in [0.2, 0.25) is 0 Å². The summed E-state index contributed by atoms with van der Waals surface area (Å²) in [5.74, 6) is 1.51. The molecule has 0 spiro atoms. The van der Waals surface area contributed by atoms with E-state index in [4.69, 9.17) is 4.98 Å². The molecule has 0 saturated heterocycles. The third-order valence-corrected chi connectivity index (χ3v) is 6.34. The van der Waals surface area contributed by atoms with Crippen LogP contribution < -0.4 is 10.0 Å². The van der Waals surface area contributed by atoms with E-state index in [1.54, 1.807) is 30.3 Å². The highest BCUT2D eigenvalue weighted by molar-refractivity contribution is 7.92. The van der Waals surface area contributed by atoms with Crippen molar-refractivity contribution in [3.8, 4) is 11.4 Å². The van der Waals surface area contributed by atoms with Crippen LogP contribution in [0, 0.1) is 0 Å². The van der Waals surface area contributed by atoms with Gasteiger partial charge in [-0.2, -0.15) is 0 Å². The Morgan fingerprint density at radius 1 is 0.697 bits per heavy atom. The standard InChI is InChI=1S/C25H19N5O2S/c31-33(32,30-23-12-6-7-17-26-23)20-15-13-19(14-16-20)27-25-21-10-4-5-11-22(21)28-24(29-25)18-8-2-1-3-9-18/h1-17H,(H,26,30)(H,27,28,29). The molecule has 2 N–H and O–H groups in total. The second kappa shape index (κ2) is 8.68. The minimum atomic E-state index is -3.75. The maximum atomic E-state index is 12.7. The molecule has 0 amide bonds. The number of benzene rings is 3. The Morgan fingerprint density at radius 3 is 2.18 bits per heavy atom. The summed E-state index contributed by atoms with van der Waals surface area (Å²) in [4.78, 5) is 13.6. The van der Waals surface area contributed by atoms with E-state index in [1.165, 1.54) is 18.3 Å². The number of para-hydroxylation sites is 1. The summed E-state index contributed by atoms with van der Waals surface area (Å²) in [6.45, 7) is 0. The van der Waals surface area contributed by atoms with Crippen LogP contribution in [0.3, 0.4) is 0 Å². The number of rotatable bonds is 6. The van der Waals surface area contributed by atoms with Crippen LogP contribution in [0.5, 0.6) is 0 Å². The highest BCUT2D eigenvalue weighted by atomic mass is 32.2. The van der Waals surface area contributed by atoms with Gasteiger partial charge >= 0.3 is 0 Å². The van der Waals surface area contributed by atoms with Crippen molar-refractivity contribution in [3.63, 3.8) is 0 Å². The third kappa shape index (κ3) is 4.51. The summed E-state index contributed by atoms with van der Waals surface area (Å²) in [7, 11) is -3.75. The van der Waals surface area contributed by atoms with Crippen LogP contribution >= 0.6 is 0 Å². The molecule has 2 aromatic heterocycles. The van der Waals surface area contributed by atoms with Gasteiger partial charge in [-0.05, 0) is 48.5 Å². The van der Waals surface area contributed by atoms with Gasteiger partial charge in [0.05, 0.1) is 10.4 Å². The molecule has 33 heavy (non-hydrogen) atoms. The number of hydrogen-bond acceptors (Lipinski definition) is 6. The Kier molecular flexibility index (Phi) is 5.42. The van der Waals surface area contributed by atoms with Gasteiger partial charge in [-0.1, -0.05) is 48.5 Å². The van der Waals surface area contributed by atoms with Crippen molar-refractivity contribution in [1.82, 2.24) is 15.0 Å². The molecule has 3 aromatic carbocycles. The lowest BCUT2D eigenvalue weighted by atomic mass is 10.2. The zero-order chi connectivity index (χ0) is 22.7. The number of fused-ring (bicyclic) bond motifs is 1. The van der Waals surface area contributed by atoms with Gasteiger partial charge in [0, 0.05) is 22.8 Å². The van der Waals surface area contributed by atoms with E-state index in [1.807, 2.05) is 54.6 Å². The Labute approximate surface area is 191 Å². The van der Waals surface area contributed by atoms with Gasteiger partial charge in [-0.3, -0.25) is 4.72 Å². The predicted octanol–water partition coefficient (Wildman–Crippen LogP) is 5.24. The van der Waals surface area contributed by atoms with Crippen LogP contribution in [0.25, 0.3) is 22.3 Å². The topological polar surface area (TPSA) is 96.9 Å². The Bertz CT molecular complexity index is 1510. The van der Waals surface area contributed by atoms with Gasteiger partial charge in [0.15, 0.2) is 5.82 Å². The monoisotopic (exact) mass is 453 g/mol. The number of anilines is 3. The van der Waals surface area contributed by atoms with E-state index in [0.717, 1.165) is 16.5 Å². The van der Waals surface area contributed by atoms with Crippen molar-refractivity contribution in [1.29, 1.82) is 0 Å². The quantitative estimate of drug-likeness (QED) is 0.365. The summed E-state index contributed by atoms with van der Waals surface area (Å²) in [6.07, 6.45) is 1.53. The number of sulfonamides is 1. The van der Waals surface area contributed by atoms with Crippen molar-refractivity contribution >= 4 is 38.2 Å². The summed E-state index contributed by atoms with van der Waals surface area (Å²) in [5, 5.41) is 4.17. The van der Waals surface area contributed by atoms with E-state index in [2.05, 4.69) is 20.0 Å². The maximum absolute atomic E-state index is 12.7. The molecule has 0 bridgehead atoms. The lowest BCUT2D eigenvalue weighted by molar-refractivity contribution is 0.601. The zero-order valence-corrected chi connectivity index (χ0v) is 18.2. The molecule has 0 radical (unpaired) electrons. The summed E-state index contributed by atoms with van der Waals surface area (Å²) >= 11 is 0. The highest BCUT2D eigenvalue weighted by Crippen LogP contribution is 2.28. The molecule has 0 aliphatic carbocycles. The number of nitrogens with one attached hydrogen (secondary N) is 2. The second-order valence-corrected chi connectivity index (χ2v) is 8.93. The highest BCUT2D eigenvalue weighted by Gasteiger charge is 2.15. The molecular weight excluding hydrogens is 434 g/mol. The SMILES string of the molecule is O=S(=O)(Nc1ccccn1)c1ccc(Nc2nc(-c3ccccc3)nc3ccccc23)cc1. The van der Waals surface area contributed by atoms with E-state index in [9.17, 15) is 8.42 Å². The molecule has 162 valence electrons. The number of hydrogen-bond donors (Lipinski definition) is 2. The van der Waals surface area contributed by atoms with Gasteiger partial charge < -0.3 is 5.32 Å². The molecule has 0 saturated carbocycles. The van der Waals surface area contributed by atoms with Crippen LogP contribution in [-0.4, -0.2) is 23.4 Å². The predicted molar refractivity (Wildman–Crippen MR) is 130 cm³/mol. The first-order chi connectivity index (χ1) is 16.1. The lowest BCUT2D eigenvalue weighted by Gasteiger charge is -2.12. The zero-order valence-electron chi connectivity index (χ0n) is 17.4. The van der Waals surface area contributed by atoms with Crippen molar-refractivity contribution in [2.24, 2.45) is 0 Å². The van der Waals surface area contributed by atoms with Crippen LogP contribution in [0.1, 0.15) is 0 Å². The largest absolute Gasteiger partial charge is 0.340 e. The first-order valence-electron chi connectivity index (χ1n) is 10.2. The summed E-state index contributed by atoms with van der Waals surface area (Å²) in [6, 6.07) is 29.0. The molecule has 0 fully saturated rings. The van der Waals surface area contributed by atoms with Gasteiger partial charge in [-0.25, -0.2) is 23.4 Å². The molecule has 2 heterocycles. The van der Waals surface area contributed by atoms with Crippen LogP contribution in [0.4, 0.5) is 17.3 Å². The van der Waals surface area contributed by atoms with Gasteiger partial charge in [-0.15, -0.1) is 0 Å². The molecule has 5 rings (SSSR count). The molecule has 0 aliphatic heterocycles. The normalized spacial score (nSPS) is 11.3. The molecule has 7 nitrogen and oxygen atoms in total. The minimum Gasteiger partial charge on any atom is -0.340 e. The van der Waals surface area contributed by atoms with E-state index in [-0.39, 0.29) is 10.7 Å². The smallest absolute Gasteiger partial charge is 0.263 e. The van der Waals surface area contributed by atoms with Crippen molar-refractivity contribution in [2.75, 3.05) is 10.0 Å². The van der Waals surface area contributed by atoms with E-state index in [0.29, 0.717) is 17.3 Å². The molecule has 0 unspecified atom stereocenters. The Morgan fingerprint density at radius 2 is 1.42 bits per heavy atom. The lowest BCUT2D eigenvalue weighted by Crippen LogP contribution is -2.13. The molecule has 5 aromatic rings. The van der Waals surface area contributed by atoms with Crippen LogP contribution in [0.15, 0.2) is 108 Å². The van der Waals surface area contributed by atoms with E-state index < -0.39 is 10.0 Å². The van der Waals surface area contributed by atoms with Gasteiger partial charge in [0.1, 0.15) is 11.6 Å². The number of aromatic nitrogens is 3. The first kappa shape index (κ1) is 20.6. The van der Waals surface area contributed by atoms with Gasteiger partial charge in [0.25, 0.3) is 10.0 Å². The Hall–Kier alpha value is -4.30. The van der Waals surface area contributed by atoms with Crippen molar-refractivity contribution in [3.05, 3.63) is 103 Å². The number of pyridine rings is 1.